The maximum absolute atomic E-state index is 12.1. The third-order valence-electron chi connectivity index (χ3n) is 3.57. The van der Waals surface area contributed by atoms with Gasteiger partial charge >= 0.3 is 6.03 Å². The van der Waals surface area contributed by atoms with E-state index in [4.69, 9.17) is 0 Å². The van der Waals surface area contributed by atoms with Gasteiger partial charge in [0.2, 0.25) is 5.91 Å². The lowest BCUT2D eigenvalue weighted by Gasteiger charge is -2.08. The largest absolute Gasteiger partial charge is 0.325 e. The Balaban J connectivity index is 1.61. The highest BCUT2D eigenvalue weighted by Crippen LogP contribution is 2.23. The molecule has 9 heteroatoms. The van der Waals surface area contributed by atoms with Gasteiger partial charge in [-0.25, -0.2) is 4.79 Å². The molecule has 0 aliphatic rings. The van der Waals surface area contributed by atoms with E-state index in [2.05, 4.69) is 32.4 Å². The van der Waals surface area contributed by atoms with Crippen LogP contribution in [0.25, 0.3) is 11.4 Å². The molecule has 0 saturated carbocycles. The van der Waals surface area contributed by atoms with Crippen LogP contribution in [0.15, 0.2) is 72.7 Å². The van der Waals surface area contributed by atoms with Crippen molar-refractivity contribution in [1.29, 1.82) is 0 Å². The van der Waals surface area contributed by atoms with E-state index in [1.165, 1.54) is 11.8 Å². The van der Waals surface area contributed by atoms with Crippen molar-refractivity contribution >= 4 is 29.4 Å². The summed E-state index contributed by atoms with van der Waals surface area (Å²) in [5.74, 6) is 0.220. The number of carbonyl (C=O) groups is 2. The van der Waals surface area contributed by atoms with Gasteiger partial charge in [0, 0.05) is 30.2 Å². The fourth-order valence-corrected chi connectivity index (χ4v) is 3.12. The van der Waals surface area contributed by atoms with Gasteiger partial charge in [-0.1, -0.05) is 36.0 Å². The minimum absolute atomic E-state index is 0.0184. The predicted octanol–water partition coefficient (Wildman–Crippen LogP) is 2.97. The number of nitrogens with zero attached hydrogens (tertiary/aromatic N) is 4. The molecule has 0 fully saturated rings. The van der Waals surface area contributed by atoms with Crippen LogP contribution in [0.5, 0.6) is 0 Å². The Kier molecular flexibility index (Phi) is 6.53. The number of pyridine rings is 1. The summed E-state index contributed by atoms with van der Waals surface area (Å²) < 4.78 is 1.84. The topological polar surface area (TPSA) is 102 Å². The van der Waals surface area contributed by atoms with Crippen molar-refractivity contribution in [3.63, 3.8) is 0 Å². The lowest BCUT2D eigenvalue weighted by Crippen LogP contribution is -2.35. The molecule has 0 saturated heterocycles. The van der Waals surface area contributed by atoms with Gasteiger partial charge in [-0.2, -0.15) is 0 Å². The van der Waals surface area contributed by atoms with E-state index in [1.54, 1.807) is 42.7 Å². The summed E-state index contributed by atoms with van der Waals surface area (Å²) in [6.07, 6.45) is 5.09. The highest BCUT2D eigenvalue weighted by molar-refractivity contribution is 7.99. The number of benzene rings is 1. The van der Waals surface area contributed by atoms with Crippen molar-refractivity contribution < 1.29 is 9.59 Å². The molecule has 3 aromatic rings. The molecule has 0 unspecified atom stereocenters. The number of para-hydroxylation sites is 1. The zero-order valence-electron chi connectivity index (χ0n) is 14.9. The molecule has 8 nitrogen and oxygen atoms in total. The molecule has 0 atom stereocenters. The Morgan fingerprint density at radius 1 is 1.14 bits per heavy atom. The molecule has 3 rings (SSSR count). The van der Waals surface area contributed by atoms with Crippen LogP contribution in [0.1, 0.15) is 0 Å². The molecule has 142 valence electrons. The molecule has 28 heavy (non-hydrogen) atoms. The number of anilines is 1. The number of urea groups is 1. The van der Waals surface area contributed by atoms with E-state index in [9.17, 15) is 9.59 Å². The zero-order valence-corrected chi connectivity index (χ0v) is 15.7. The van der Waals surface area contributed by atoms with E-state index in [1.807, 2.05) is 22.8 Å². The maximum Gasteiger partial charge on any atom is 0.325 e. The van der Waals surface area contributed by atoms with Crippen LogP contribution in [-0.2, 0) is 11.3 Å². The number of aromatic nitrogens is 4. The van der Waals surface area contributed by atoms with Gasteiger partial charge < -0.3 is 5.32 Å². The van der Waals surface area contributed by atoms with Gasteiger partial charge in [-0.3, -0.25) is 19.7 Å². The summed E-state index contributed by atoms with van der Waals surface area (Å²) >= 11 is 1.19. The molecular formula is C19H18N6O2S. The normalized spacial score (nSPS) is 10.3. The summed E-state index contributed by atoms with van der Waals surface area (Å²) in [7, 11) is 0. The standard InChI is InChI=1S/C19H18N6O2S/c1-2-11-25-17(14-7-6-10-20-12-14)23-24-19(25)28-13-16(26)22-18(27)21-15-8-4-3-5-9-15/h2-10,12H,1,11,13H2,(H2,21,22,26,27). The van der Waals surface area contributed by atoms with Crippen LogP contribution in [0.3, 0.4) is 0 Å². The van der Waals surface area contributed by atoms with Crippen LogP contribution >= 0.6 is 11.8 Å². The molecule has 2 N–H and O–H groups in total. The Labute approximate surface area is 166 Å². The average molecular weight is 394 g/mol. The molecule has 2 aromatic heterocycles. The van der Waals surface area contributed by atoms with Crippen molar-refractivity contribution in [1.82, 2.24) is 25.1 Å². The first-order chi connectivity index (χ1) is 13.7. The van der Waals surface area contributed by atoms with Gasteiger partial charge in [0.25, 0.3) is 0 Å². The number of nitrogens with one attached hydrogen (secondary N) is 2. The van der Waals surface area contributed by atoms with Gasteiger partial charge in [-0.15, -0.1) is 16.8 Å². The second kappa shape index (κ2) is 9.47. The minimum Gasteiger partial charge on any atom is -0.308 e. The lowest BCUT2D eigenvalue weighted by molar-refractivity contribution is -0.117. The quantitative estimate of drug-likeness (QED) is 0.472. The van der Waals surface area contributed by atoms with Gasteiger partial charge in [0.05, 0.1) is 5.75 Å². The van der Waals surface area contributed by atoms with E-state index >= 15 is 0 Å². The number of hydrogen-bond acceptors (Lipinski definition) is 6. The van der Waals surface area contributed by atoms with Crippen molar-refractivity contribution in [3.8, 4) is 11.4 Å². The van der Waals surface area contributed by atoms with Crippen LogP contribution in [0.2, 0.25) is 0 Å². The third-order valence-corrected chi connectivity index (χ3v) is 4.53. The molecule has 2 heterocycles. The van der Waals surface area contributed by atoms with Crippen LogP contribution < -0.4 is 10.6 Å². The van der Waals surface area contributed by atoms with Gasteiger partial charge in [0.15, 0.2) is 11.0 Å². The van der Waals surface area contributed by atoms with Crippen LogP contribution in [-0.4, -0.2) is 37.4 Å². The van der Waals surface area contributed by atoms with E-state index in [0.29, 0.717) is 23.2 Å². The first-order valence-corrected chi connectivity index (χ1v) is 9.39. The van der Waals surface area contributed by atoms with Crippen molar-refractivity contribution in [3.05, 3.63) is 67.5 Å². The number of rotatable bonds is 7. The Bertz CT molecular complexity index is 959. The summed E-state index contributed by atoms with van der Waals surface area (Å²) in [4.78, 5) is 28.1. The van der Waals surface area contributed by atoms with Crippen molar-refractivity contribution in [2.24, 2.45) is 0 Å². The smallest absolute Gasteiger partial charge is 0.308 e. The SMILES string of the molecule is C=CCn1c(SCC(=O)NC(=O)Nc2ccccc2)nnc1-c1cccnc1. The van der Waals surface area contributed by atoms with E-state index in [-0.39, 0.29) is 5.75 Å². The Hall–Kier alpha value is -3.46. The Morgan fingerprint density at radius 2 is 1.96 bits per heavy atom. The van der Waals surface area contributed by atoms with Crippen LogP contribution in [0, 0.1) is 0 Å². The third kappa shape index (κ3) is 5.04. The molecular weight excluding hydrogens is 376 g/mol. The fraction of sp³-hybridized carbons (Fsp3) is 0.105. The molecule has 0 spiro atoms. The highest BCUT2D eigenvalue weighted by Gasteiger charge is 2.16. The summed E-state index contributed by atoms with van der Waals surface area (Å²) in [5.41, 5.74) is 1.42. The first kappa shape index (κ1) is 19.3. The molecule has 0 bridgehead atoms. The summed E-state index contributed by atoms with van der Waals surface area (Å²) in [6.45, 7) is 4.23. The minimum atomic E-state index is -0.583. The maximum atomic E-state index is 12.1. The number of hydrogen-bond donors (Lipinski definition) is 2. The molecule has 0 aliphatic heterocycles. The summed E-state index contributed by atoms with van der Waals surface area (Å²) in [6, 6.07) is 12.0. The second-order valence-electron chi connectivity index (χ2n) is 5.60. The van der Waals surface area contributed by atoms with Crippen LogP contribution in [0.4, 0.5) is 10.5 Å². The Morgan fingerprint density at radius 3 is 2.68 bits per heavy atom. The monoisotopic (exact) mass is 394 g/mol. The first-order valence-electron chi connectivity index (χ1n) is 8.40. The number of carbonyl (C=O) groups excluding carboxylic acids is 2. The number of imide groups is 1. The molecule has 3 amide bonds. The molecule has 0 radical (unpaired) electrons. The average Bonchev–Trinajstić information content (AvgIpc) is 3.11. The van der Waals surface area contributed by atoms with Gasteiger partial charge in [-0.05, 0) is 24.3 Å². The number of allylic oxidation sites excluding steroid dienone is 1. The number of thioether (sulfide) groups is 1. The lowest BCUT2D eigenvalue weighted by atomic mass is 10.3. The van der Waals surface area contributed by atoms with Crippen molar-refractivity contribution in [2.45, 2.75) is 11.7 Å². The molecule has 1 aromatic carbocycles. The number of amides is 3. The second-order valence-corrected chi connectivity index (χ2v) is 6.55. The zero-order chi connectivity index (χ0) is 19.8. The van der Waals surface area contributed by atoms with E-state index in [0.717, 1.165) is 5.56 Å². The van der Waals surface area contributed by atoms with Gasteiger partial charge in [0.1, 0.15) is 0 Å². The van der Waals surface area contributed by atoms with E-state index < -0.39 is 11.9 Å². The summed E-state index contributed by atoms with van der Waals surface area (Å²) in [5, 5.41) is 13.8. The highest BCUT2D eigenvalue weighted by atomic mass is 32.2. The predicted molar refractivity (Wildman–Crippen MR) is 108 cm³/mol. The van der Waals surface area contributed by atoms with Crippen molar-refractivity contribution in [2.75, 3.05) is 11.1 Å². The molecule has 0 aliphatic carbocycles. The fourth-order valence-electron chi connectivity index (χ4n) is 2.37.